The summed E-state index contributed by atoms with van der Waals surface area (Å²) in [5, 5.41) is 0. The van der Waals surface area contributed by atoms with Crippen LogP contribution in [0.5, 0.6) is 0 Å². The van der Waals surface area contributed by atoms with Gasteiger partial charge in [-0.05, 0) is 38.5 Å². The Hall–Kier alpha value is -1.71. The Kier molecular flexibility index (Phi) is 4.37. The molecule has 0 aliphatic heterocycles. The summed E-state index contributed by atoms with van der Waals surface area (Å²) < 4.78 is 0. The lowest BCUT2D eigenvalue weighted by atomic mass is 10.1. The van der Waals surface area contributed by atoms with Crippen molar-refractivity contribution < 1.29 is 4.79 Å². The Bertz CT molecular complexity index is 404. The van der Waals surface area contributed by atoms with Crippen molar-refractivity contribution in [2.75, 3.05) is 17.2 Å². The monoisotopic (exact) mass is 235 g/mol. The van der Waals surface area contributed by atoms with E-state index in [4.69, 9.17) is 11.5 Å². The van der Waals surface area contributed by atoms with Gasteiger partial charge in [-0.2, -0.15) is 0 Å². The lowest BCUT2D eigenvalue weighted by Gasteiger charge is -2.30. The molecule has 0 radical (unpaired) electrons. The van der Waals surface area contributed by atoms with E-state index >= 15 is 0 Å². The van der Waals surface area contributed by atoms with Crippen molar-refractivity contribution in [1.82, 2.24) is 0 Å². The second-order valence-electron chi connectivity index (χ2n) is 4.18. The van der Waals surface area contributed by atoms with Crippen molar-refractivity contribution in [1.29, 1.82) is 0 Å². The minimum Gasteiger partial charge on any atom is -0.398 e. The van der Waals surface area contributed by atoms with Gasteiger partial charge in [0.25, 0.3) is 5.91 Å². The third-order valence-corrected chi connectivity index (χ3v) is 3.10. The summed E-state index contributed by atoms with van der Waals surface area (Å²) in [6, 6.07) is 5.86. The van der Waals surface area contributed by atoms with E-state index in [0.29, 0.717) is 17.3 Å². The first-order valence-corrected chi connectivity index (χ1v) is 5.97. The number of carbonyl (C=O) groups is 1. The number of hydrogen-bond acceptors (Lipinski definition) is 3. The number of nitrogens with two attached hydrogens (primary N) is 2. The molecule has 4 nitrogen and oxygen atoms in total. The van der Waals surface area contributed by atoms with Crippen LogP contribution in [0.15, 0.2) is 18.2 Å². The largest absolute Gasteiger partial charge is 0.398 e. The Morgan fingerprint density at radius 2 is 2.06 bits per heavy atom. The molecule has 4 N–H and O–H groups in total. The van der Waals surface area contributed by atoms with Crippen LogP contribution in [0.1, 0.15) is 37.6 Å². The highest BCUT2D eigenvalue weighted by molar-refractivity contribution is 5.99. The highest BCUT2D eigenvalue weighted by Crippen LogP contribution is 2.23. The number of carbonyl (C=O) groups excluding carboxylic acids is 1. The SMILES string of the molecule is CCC(C)N(CC)c1ccc(N)c(C(N)=O)c1. The molecular weight excluding hydrogens is 214 g/mol. The molecule has 0 saturated heterocycles. The van der Waals surface area contributed by atoms with Crippen molar-refractivity contribution in [2.24, 2.45) is 5.73 Å². The summed E-state index contributed by atoms with van der Waals surface area (Å²) in [5.74, 6) is -0.482. The third-order valence-electron chi connectivity index (χ3n) is 3.10. The molecule has 1 aromatic carbocycles. The number of benzene rings is 1. The number of nitrogens with zero attached hydrogens (tertiary/aromatic N) is 1. The second-order valence-corrected chi connectivity index (χ2v) is 4.18. The maximum absolute atomic E-state index is 11.2. The van der Waals surface area contributed by atoms with Gasteiger partial charge in [-0.1, -0.05) is 6.92 Å². The highest BCUT2D eigenvalue weighted by atomic mass is 16.1. The zero-order chi connectivity index (χ0) is 13.0. The molecule has 1 atom stereocenters. The number of amides is 1. The Balaban J connectivity index is 3.13. The lowest BCUT2D eigenvalue weighted by molar-refractivity contribution is 0.100. The van der Waals surface area contributed by atoms with Crippen molar-refractivity contribution in [3.63, 3.8) is 0 Å². The van der Waals surface area contributed by atoms with Crippen molar-refractivity contribution in [3.8, 4) is 0 Å². The van der Waals surface area contributed by atoms with Crippen LogP contribution in [0.2, 0.25) is 0 Å². The molecule has 1 amide bonds. The number of primary amides is 1. The molecule has 0 heterocycles. The summed E-state index contributed by atoms with van der Waals surface area (Å²) in [4.78, 5) is 13.5. The molecule has 17 heavy (non-hydrogen) atoms. The van der Waals surface area contributed by atoms with Crippen LogP contribution in [0.4, 0.5) is 11.4 Å². The highest BCUT2D eigenvalue weighted by Gasteiger charge is 2.14. The number of nitrogen functional groups attached to an aromatic ring is 1. The molecule has 0 saturated carbocycles. The van der Waals surface area contributed by atoms with E-state index in [1.54, 1.807) is 12.1 Å². The standard InChI is InChI=1S/C13H21N3O/c1-4-9(3)16(5-2)10-6-7-12(14)11(8-10)13(15)17/h6-9H,4-5,14H2,1-3H3,(H2,15,17). The first-order valence-electron chi connectivity index (χ1n) is 5.97. The minimum absolute atomic E-state index is 0.393. The van der Waals surface area contributed by atoms with E-state index in [-0.39, 0.29) is 0 Å². The molecule has 0 bridgehead atoms. The molecule has 0 spiro atoms. The molecule has 1 unspecified atom stereocenters. The predicted molar refractivity (Wildman–Crippen MR) is 72.1 cm³/mol. The van der Waals surface area contributed by atoms with Gasteiger partial charge in [0.1, 0.15) is 0 Å². The molecule has 0 fully saturated rings. The normalized spacial score (nSPS) is 12.2. The smallest absolute Gasteiger partial charge is 0.250 e. The molecule has 0 aromatic heterocycles. The first-order chi connectivity index (χ1) is 8.01. The summed E-state index contributed by atoms with van der Waals surface area (Å²) in [5.41, 5.74) is 12.8. The summed E-state index contributed by atoms with van der Waals surface area (Å²) in [7, 11) is 0. The summed E-state index contributed by atoms with van der Waals surface area (Å²) >= 11 is 0. The molecule has 0 aliphatic carbocycles. The molecule has 4 heteroatoms. The van der Waals surface area contributed by atoms with Gasteiger partial charge in [0.2, 0.25) is 0 Å². The van der Waals surface area contributed by atoms with E-state index in [9.17, 15) is 4.79 Å². The van der Waals surface area contributed by atoms with Crippen LogP contribution in [0, 0.1) is 0 Å². The maximum atomic E-state index is 11.2. The van der Waals surface area contributed by atoms with E-state index < -0.39 is 5.91 Å². The second kappa shape index (κ2) is 5.57. The first kappa shape index (κ1) is 13.4. The van der Waals surface area contributed by atoms with Gasteiger partial charge in [-0.25, -0.2) is 0 Å². The maximum Gasteiger partial charge on any atom is 0.250 e. The van der Waals surface area contributed by atoms with Crippen LogP contribution < -0.4 is 16.4 Å². The van der Waals surface area contributed by atoms with E-state index in [1.165, 1.54) is 0 Å². The van der Waals surface area contributed by atoms with Gasteiger partial charge in [0.05, 0.1) is 5.56 Å². The number of hydrogen-bond donors (Lipinski definition) is 2. The van der Waals surface area contributed by atoms with Crippen LogP contribution in [-0.4, -0.2) is 18.5 Å². The van der Waals surface area contributed by atoms with Crippen molar-refractivity contribution in [2.45, 2.75) is 33.2 Å². The minimum atomic E-state index is -0.482. The van der Waals surface area contributed by atoms with Gasteiger partial charge >= 0.3 is 0 Å². The molecule has 1 aromatic rings. The summed E-state index contributed by atoms with van der Waals surface area (Å²) in [6.45, 7) is 7.27. The average molecular weight is 235 g/mol. The third kappa shape index (κ3) is 2.90. The Morgan fingerprint density at radius 3 is 2.53 bits per heavy atom. The van der Waals surface area contributed by atoms with Crippen molar-refractivity contribution in [3.05, 3.63) is 23.8 Å². The van der Waals surface area contributed by atoms with Gasteiger partial charge < -0.3 is 16.4 Å². The zero-order valence-corrected chi connectivity index (χ0v) is 10.7. The van der Waals surface area contributed by atoms with Gasteiger partial charge in [0.15, 0.2) is 0 Å². The van der Waals surface area contributed by atoms with Crippen LogP contribution in [-0.2, 0) is 0 Å². The van der Waals surface area contributed by atoms with E-state index in [1.807, 2.05) is 6.07 Å². The van der Waals surface area contributed by atoms with Gasteiger partial charge in [-0.3, -0.25) is 4.79 Å². The molecule has 94 valence electrons. The fourth-order valence-electron chi connectivity index (χ4n) is 1.91. The number of rotatable bonds is 5. The Labute approximate surface area is 103 Å². The lowest BCUT2D eigenvalue weighted by Crippen LogP contribution is -2.32. The van der Waals surface area contributed by atoms with E-state index in [0.717, 1.165) is 18.7 Å². The van der Waals surface area contributed by atoms with Crippen LogP contribution in [0.3, 0.4) is 0 Å². The predicted octanol–water partition coefficient (Wildman–Crippen LogP) is 1.99. The Morgan fingerprint density at radius 1 is 1.41 bits per heavy atom. The van der Waals surface area contributed by atoms with Crippen LogP contribution >= 0.6 is 0 Å². The quantitative estimate of drug-likeness (QED) is 0.767. The zero-order valence-electron chi connectivity index (χ0n) is 10.7. The molecule has 0 aliphatic rings. The van der Waals surface area contributed by atoms with Crippen LogP contribution in [0.25, 0.3) is 0 Å². The topological polar surface area (TPSA) is 72.3 Å². The fourth-order valence-corrected chi connectivity index (χ4v) is 1.91. The van der Waals surface area contributed by atoms with Gasteiger partial charge in [-0.15, -0.1) is 0 Å². The number of anilines is 2. The van der Waals surface area contributed by atoms with Gasteiger partial charge in [0, 0.05) is 24.0 Å². The van der Waals surface area contributed by atoms with Crippen molar-refractivity contribution >= 4 is 17.3 Å². The summed E-state index contributed by atoms with van der Waals surface area (Å²) in [6.07, 6.45) is 1.05. The average Bonchev–Trinajstić information content (AvgIpc) is 2.31. The van der Waals surface area contributed by atoms with E-state index in [2.05, 4.69) is 25.7 Å². The molecular formula is C13H21N3O. The fraction of sp³-hybridized carbons (Fsp3) is 0.462. The molecule has 1 rings (SSSR count).